The highest BCUT2D eigenvalue weighted by molar-refractivity contribution is 5.94. The zero-order chi connectivity index (χ0) is 19.0. The van der Waals surface area contributed by atoms with Gasteiger partial charge in [-0.25, -0.2) is 4.79 Å². The van der Waals surface area contributed by atoms with Crippen molar-refractivity contribution in [2.24, 2.45) is 0 Å². The number of carbonyl (C=O) groups is 2. The molecule has 0 aromatic heterocycles. The molecule has 146 valence electrons. The van der Waals surface area contributed by atoms with Crippen LogP contribution in [0.2, 0.25) is 0 Å². The fourth-order valence-corrected chi connectivity index (χ4v) is 2.87. The van der Waals surface area contributed by atoms with E-state index >= 15 is 0 Å². The fraction of sp³-hybridized carbons (Fsp3) is 0.619. The molecule has 0 bridgehead atoms. The van der Waals surface area contributed by atoms with Crippen molar-refractivity contribution >= 4 is 12.0 Å². The number of unbranched alkanes of at least 4 members (excludes halogenated alkanes) is 7. The van der Waals surface area contributed by atoms with Crippen LogP contribution in [0.5, 0.6) is 0 Å². The molecule has 1 aromatic rings. The first-order valence-electron chi connectivity index (χ1n) is 9.97. The van der Waals surface area contributed by atoms with Gasteiger partial charge in [0.2, 0.25) is 0 Å². The van der Waals surface area contributed by atoms with E-state index in [4.69, 9.17) is 5.11 Å². The smallest absolute Gasteiger partial charge is 0.404 e. The quantitative estimate of drug-likeness (QED) is 0.418. The molecule has 26 heavy (non-hydrogen) atoms. The summed E-state index contributed by atoms with van der Waals surface area (Å²) < 4.78 is 0. The van der Waals surface area contributed by atoms with Crippen molar-refractivity contribution in [1.82, 2.24) is 10.6 Å². The Kier molecular flexibility index (Phi) is 12.0. The van der Waals surface area contributed by atoms with Gasteiger partial charge in [-0.3, -0.25) is 4.79 Å². The maximum Gasteiger partial charge on any atom is 0.404 e. The summed E-state index contributed by atoms with van der Waals surface area (Å²) in [5.74, 6) is -0.112. The molecule has 5 nitrogen and oxygen atoms in total. The van der Waals surface area contributed by atoms with Gasteiger partial charge in [0, 0.05) is 18.7 Å². The number of carbonyl (C=O) groups excluding carboxylic acids is 1. The molecule has 0 aliphatic heterocycles. The average Bonchev–Trinajstić information content (AvgIpc) is 2.63. The lowest BCUT2D eigenvalue weighted by Crippen LogP contribution is -2.29. The van der Waals surface area contributed by atoms with Crippen LogP contribution < -0.4 is 10.6 Å². The fourth-order valence-electron chi connectivity index (χ4n) is 2.87. The molecule has 0 spiro atoms. The van der Waals surface area contributed by atoms with E-state index in [9.17, 15) is 9.59 Å². The maximum atomic E-state index is 12.0. The molecule has 2 amide bonds. The van der Waals surface area contributed by atoms with E-state index in [0.717, 1.165) is 6.42 Å². The van der Waals surface area contributed by atoms with Gasteiger partial charge in [-0.1, -0.05) is 64.0 Å². The number of aryl methyl sites for hydroxylation is 1. The van der Waals surface area contributed by atoms with Crippen LogP contribution in [0.25, 0.3) is 0 Å². The second kappa shape index (κ2) is 14.2. The summed E-state index contributed by atoms with van der Waals surface area (Å²) >= 11 is 0. The molecule has 0 aliphatic rings. The van der Waals surface area contributed by atoms with Gasteiger partial charge in [-0.05, 0) is 37.0 Å². The molecule has 0 atom stereocenters. The van der Waals surface area contributed by atoms with Gasteiger partial charge in [0.1, 0.15) is 0 Å². The Morgan fingerprint density at radius 3 is 2.00 bits per heavy atom. The lowest BCUT2D eigenvalue weighted by Gasteiger charge is -2.07. The van der Waals surface area contributed by atoms with Crippen LogP contribution in [0.4, 0.5) is 4.79 Å². The third kappa shape index (κ3) is 10.7. The summed E-state index contributed by atoms with van der Waals surface area (Å²) in [7, 11) is 0. The molecule has 5 heteroatoms. The third-order valence-corrected chi connectivity index (χ3v) is 4.45. The summed E-state index contributed by atoms with van der Waals surface area (Å²) in [6.07, 6.45) is 11.2. The van der Waals surface area contributed by atoms with Gasteiger partial charge in [0.15, 0.2) is 0 Å². The SMILES string of the molecule is CCCCCCCCCCc1ccc(C(=O)NCCCNC(=O)O)cc1. The lowest BCUT2D eigenvalue weighted by molar-refractivity contribution is 0.0953. The highest BCUT2D eigenvalue weighted by atomic mass is 16.4. The zero-order valence-corrected chi connectivity index (χ0v) is 16.1. The molecule has 1 rings (SSSR count). The number of hydrogen-bond acceptors (Lipinski definition) is 2. The van der Waals surface area contributed by atoms with E-state index in [2.05, 4.69) is 17.6 Å². The number of carboxylic acid groups (broad SMARTS) is 1. The number of rotatable bonds is 14. The molecule has 0 aliphatic carbocycles. The van der Waals surface area contributed by atoms with Crippen LogP contribution in [0.15, 0.2) is 24.3 Å². The van der Waals surface area contributed by atoms with Gasteiger partial charge in [-0.15, -0.1) is 0 Å². The molecule has 0 unspecified atom stereocenters. The normalized spacial score (nSPS) is 10.5. The number of hydrogen-bond donors (Lipinski definition) is 3. The van der Waals surface area contributed by atoms with Gasteiger partial charge in [-0.2, -0.15) is 0 Å². The molecule has 0 saturated carbocycles. The Hall–Kier alpha value is -2.04. The Balaban J connectivity index is 2.14. The molecule has 3 N–H and O–H groups in total. The molecule has 0 heterocycles. The zero-order valence-electron chi connectivity index (χ0n) is 16.1. The summed E-state index contributed by atoms with van der Waals surface area (Å²) in [6, 6.07) is 7.79. The number of benzene rings is 1. The average molecular weight is 363 g/mol. The topological polar surface area (TPSA) is 78.4 Å². The highest BCUT2D eigenvalue weighted by Crippen LogP contribution is 2.12. The van der Waals surface area contributed by atoms with Crippen molar-refractivity contribution in [2.45, 2.75) is 71.1 Å². The molecule has 0 fully saturated rings. The predicted molar refractivity (Wildman–Crippen MR) is 106 cm³/mol. The van der Waals surface area contributed by atoms with Crippen LogP contribution >= 0.6 is 0 Å². The molecule has 0 radical (unpaired) electrons. The van der Waals surface area contributed by atoms with E-state index in [1.807, 2.05) is 24.3 Å². The molecular weight excluding hydrogens is 328 g/mol. The molecule has 1 aromatic carbocycles. The standard InChI is InChI=1S/C21H34N2O3/c1-2-3-4-5-6-7-8-9-11-18-12-14-19(15-13-18)20(24)22-16-10-17-23-21(25)26/h12-15,23H,2-11,16-17H2,1H3,(H,22,24)(H,25,26). The minimum atomic E-state index is -1.04. The van der Waals surface area contributed by atoms with E-state index in [-0.39, 0.29) is 5.91 Å². The van der Waals surface area contributed by atoms with E-state index in [0.29, 0.717) is 25.1 Å². The van der Waals surface area contributed by atoms with Crippen molar-refractivity contribution in [1.29, 1.82) is 0 Å². The Bertz CT molecular complexity index is 514. The lowest BCUT2D eigenvalue weighted by atomic mass is 10.0. The predicted octanol–water partition coefficient (Wildman–Crippen LogP) is 4.76. The van der Waals surface area contributed by atoms with Gasteiger partial charge >= 0.3 is 6.09 Å². The van der Waals surface area contributed by atoms with Crippen molar-refractivity contribution in [2.75, 3.05) is 13.1 Å². The summed E-state index contributed by atoms with van der Waals surface area (Å²) in [4.78, 5) is 22.3. The highest BCUT2D eigenvalue weighted by Gasteiger charge is 2.05. The monoisotopic (exact) mass is 362 g/mol. The van der Waals surface area contributed by atoms with E-state index < -0.39 is 6.09 Å². The second-order valence-electron chi connectivity index (χ2n) is 6.76. The first-order chi connectivity index (χ1) is 12.6. The van der Waals surface area contributed by atoms with Crippen LogP contribution in [-0.4, -0.2) is 30.2 Å². The summed E-state index contributed by atoms with van der Waals surface area (Å²) in [6.45, 7) is 3.04. The number of amides is 2. The number of nitrogens with one attached hydrogen (secondary N) is 2. The van der Waals surface area contributed by atoms with E-state index in [1.54, 1.807) is 0 Å². The second-order valence-corrected chi connectivity index (χ2v) is 6.76. The first kappa shape index (κ1) is 22.0. The molecule has 0 saturated heterocycles. The molecular formula is C21H34N2O3. The van der Waals surface area contributed by atoms with Gasteiger partial charge < -0.3 is 15.7 Å². The largest absolute Gasteiger partial charge is 0.465 e. The van der Waals surface area contributed by atoms with Crippen LogP contribution in [0, 0.1) is 0 Å². The van der Waals surface area contributed by atoms with Crippen molar-refractivity contribution < 1.29 is 14.7 Å². The van der Waals surface area contributed by atoms with Crippen LogP contribution in [0.1, 0.15) is 80.6 Å². The Morgan fingerprint density at radius 1 is 0.808 bits per heavy atom. The van der Waals surface area contributed by atoms with Gasteiger partial charge in [0.05, 0.1) is 0 Å². The van der Waals surface area contributed by atoms with Crippen LogP contribution in [0.3, 0.4) is 0 Å². The minimum absolute atomic E-state index is 0.112. The van der Waals surface area contributed by atoms with Crippen molar-refractivity contribution in [3.63, 3.8) is 0 Å². The Labute approximate surface area is 157 Å². The third-order valence-electron chi connectivity index (χ3n) is 4.45. The Morgan fingerprint density at radius 2 is 1.38 bits per heavy atom. The summed E-state index contributed by atoms with van der Waals surface area (Å²) in [5, 5.41) is 13.5. The first-order valence-corrected chi connectivity index (χ1v) is 9.97. The minimum Gasteiger partial charge on any atom is -0.465 e. The summed E-state index contributed by atoms with van der Waals surface area (Å²) in [5.41, 5.74) is 1.93. The maximum absolute atomic E-state index is 12.0. The van der Waals surface area contributed by atoms with E-state index in [1.165, 1.54) is 56.9 Å². The van der Waals surface area contributed by atoms with Crippen LogP contribution in [-0.2, 0) is 6.42 Å². The van der Waals surface area contributed by atoms with Gasteiger partial charge in [0.25, 0.3) is 5.91 Å². The van der Waals surface area contributed by atoms with Crippen molar-refractivity contribution in [3.05, 3.63) is 35.4 Å². The van der Waals surface area contributed by atoms with Crippen molar-refractivity contribution in [3.8, 4) is 0 Å².